The van der Waals surface area contributed by atoms with Gasteiger partial charge in [-0.15, -0.1) is 0 Å². The van der Waals surface area contributed by atoms with Crippen molar-refractivity contribution in [3.8, 4) is 62.0 Å². The molecule has 5 aromatic heterocycles. The SMILES string of the molecule is CC1(C)c2ccccc2-c2cc3c4cc(-c5ccc(-c6ccnc(N(c7cccc(-c8ccccn8)c7)c7cccc(-c8ccccn8)c7)c6)o5)ccc4n(-c4ccccc4)c3cc21. The summed E-state index contributed by atoms with van der Waals surface area (Å²) < 4.78 is 9.19. The number of para-hydroxylation sites is 1. The number of aromatic nitrogens is 4. The lowest BCUT2D eigenvalue weighted by Crippen LogP contribution is -2.14. The summed E-state index contributed by atoms with van der Waals surface area (Å²) in [6.45, 7) is 4.69. The van der Waals surface area contributed by atoms with Crippen molar-refractivity contribution in [1.29, 1.82) is 0 Å². The molecule has 304 valence electrons. The van der Waals surface area contributed by atoms with Crippen LogP contribution >= 0.6 is 0 Å². The van der Waals surface area contributed by atoms with Crippen molar-refractivity contribution in [3.63, 3.8) is 0 Å². The largest absolute Gasteiger partial charge is 0.456 e. The van der Waals surface area contributed by atoms with Crippen molar-refractivity contribution in [2.75, 3.05) is 4.90 Å². The average Bonchev–Trinajstić information content (AvgIpc) is 4.04. The van der Waals surface area contributed by atoms with E-state index in [1.165, 1.54) is 38.5 Å². The minimum Gasteiger partial charge on any atom is -0.456 e. The van der Waals surface area contributed by atoms with Crippen LogP contribution in [0.1, 0.15) is 25.0 Å². The molecule has 6 heteroatoms. The summed E-state index contributed by atoms with van der Waals surface area (Å²) in [5.74, 6) is 2.30. The van der Waals surface area contributed by atoms with Crippen LogP contribution in [0.3, 0.4) is 0 Å². The molecular formula is C58H41N5O. The Labute approximate surface area is 371 Å². The lowest BCUT2D eigenvalue weighted by atomic mass is 9.82. The van der Waals surface area contributed by atoms with Crippen LogP contribution in [0.4, 0.5) is 17.2 Å². The second-order valence-corrected chi connectivity index (χ2v) is 16.9. The molecule has 0 saturated heterocycles. The molecule has 64 heavy (non-hydrogen) atoms. The predicted molar refractivity (Wildman–Crippen MR) is 260 cm³/mol. The molecule has 5 heterocycles. The van der Waals surface area contributed by atoms with Gasteiger partial charge in [0.05, 0.1) is 22.4 Å². The first-order chi connectivity index (χ1) is 31.5. The van der Waals surface area contributed by atoms with E-state index < -0.39 is 0 Å². The predicted octanol–water partition coefficient (Wildman–Crippen LogP) is 15.0. The average molecular weight is 824 g/mol. The molecule has 1 aliphatic carbocycles. The summed E-state index contributed by atoms with van der Waals surface area (Å²) >= 11 is 0. The lowest BCUT2D eigenvalue weighted by molar-refractivity contribution is 0.597. The van der Waals surface area contributed by atoms with E-state index in [1.807, 2.05) is 61.1 Å². The molecule has 0 fully saturated rings. The third-order valence-electron chi connectivity index (χ3n) is 12.8. The molecule has 6 nitrogen and oxygen atoms in total. The zero-order chi connectivity index (χ0) is 42.8. The molecule has 1 aliphatic rings. The molecule has 0 bridgehead atoms. The van der Waals surface area contributed by atoms with Crippen molar-refractivity contribution in [3.05, 3.63) is 224 Å². The van der Waals surface area contributed by atoms with Gasteiger partial charge in [-0.3, -0.25) is 14.9 Å². The van der Waals surface area contributed by atoms with Gasteiger partial charge < -0.3 is 8.98 Å². The molecule has 0 amide bonds. The number of hydrogen-bond acceptors (Lipinski definition) is 5. The normalized spacial score (nSPS) is 12.7. The number of nitrogens with zero attached hydrogens (tertiary/aromatic N) is 5. The zero-order valence-corrected chi connectivity index (χ0v) is 35.4. The summed E-state index contributed by atoms with van der Waals surface area (Å²) in [5, 5.41) is 2.40. The van der Waals surface area contributed by atoms with Crippen LogP contribution in [-0.2, 0) is 5.41 Å². The maximum atomic E-state index is 6.79. The van der Waals surface area contributed by atoms with Gasteiger partial charge in [-0.25, -0.2) is 4.98 Å². The summed E-state index contributed by atoms with van der Waals surface area (Å²) in [5.41, 5.74) is 16.4. The summed E-state index contributed by atoms with van der Waals surface area (Å²) in [6.07, 6.45) is 5.50. The Bertz CT molecular complexity index is 3450. The van der Waals surface area contributed by atoms with E-state index in [4.69, 9.17) is 9.40 Å². The molecule has 0 radical (unpaired) electrons. The highest BCUT2D eigenvalue weighted by Gasteiger charge is 2.36. The zero-order valence-electron chi connectivity index (χ0n) is 35.4. The molecule has 6 aromatic carbocycles. The Kier molecular flexibility index (Phi) is 8.73. The fourth-order valence-corrected chi connectivity index (χ4v) is 9.65. The molecule has 0 N–H and O–H groups in total. The molecule has 0 spiro atoms. The van der Waals surface area contributed by atoms with Crippen molar-refractivity contribution in [2.45, 2.75) is 19.3 Å². The molecule has 11 aromatic rings. The molecular weight excluding hydrogens is 783 g/mol. The van der Waals surface area contributed by atoms with Gasteiger partial charge in [-0.1, -0.05) is 92.7 Å². The van der Waals surface area contributed by atoms with Crippen molar-refractivity contribution in [1.82, 2.24) is 19.5 Å². The monoisotopic (exact) mass is 823 g/mol. The van der Waals surface area contributed by atoms with E-state index in [0.717, 1.165) is 73.6 Å². The second kappa shape index (κ2) is 14.9. The number of benzene rings is 6. The van der Waals surface area contributed by atoms with E-state index >= 15 is 0 Å². The first kappa shape index (κ1) is 37.4. The van der Waals surface area contributed by atoms with Gasteiger partial charge in [0.25, 0.3) is 0 Å². The van der Waals surface area contributed by atoms with Crippen LogP contribution in [0.25, 0.3) is 83.8 Å². The third kappa shape index (κ3) is 6.22. The molecule has 0 unspecified atom stereocenters. The van der Waals surface area contributed by atoms with Crippen molar-refractivity contribution < 1.29 is 4.42 Å². The van der Waals surface area contributed by atoms with Crippen LogP contribution < -0.4 is 4.90 Å². The molecule has 0 atom stereocenters. The van der Waals surface area contributed by atoms with E-state index in [9.17, 15) is 0 Å². The summed E-state index contributed by atoms with van der Waals surface area (Å²) in [4.78, 5) is 16.5. The Hall–Kier alpha value is -8.35. The lowest BCUT2D eigenvalue weighted by Gasteiger charge is -2.25. The highest BCUT2D eigenvalue weighted by atomic mass is 16.3. The minimum atomic E-state index is -0.106. The number of anilines is 3. The number of fused-ring (bicyclic) bond motifs is 6. The number of hydrogen-bond donors (Lipinski definition) is 0. The maximum Gasteiger partial charge on any atom is 0.138 e. The maximum absolute atomic E-state index is 6.79. The van der Waals surface area contributed by atoms with E-state index in [1.54, 1.807) is 0 Å². The first-order valence-corrected chi connectivity index (χ1v) is 21.7. The van der Waals surface area contributed by atoms with Crippen molar-refractivity contribution in [2.24, 2.45) is 0 Å². The summed E-state index contributed by atoms with van der Waals surface area (Å²) in [6, 6.07) is 68.2. The minimum absolute atomic E-state index is 0.106. The van der Waals surface area contributed by atoms with Crippen LogP contribution in [0.5, 0.6) is 0 Å². The van der Waals surface area contributed by atoms with Gasteiger partial charge in [-0.2, -0.15) is 0 Å². The standard InChI is InChI=1S/C58H41N5O/c1-58(2)49-21-7-6-20-45(49)46-36-48-47-34-40(24-25-53(47)63(54(48)37-50(46)58)42-16-4-3-5-17-42)55-26-27-56(64-55)41-28-31-61-57(35-41)62(43-18-12-14-38(32-43)51-22-8-10-29-59-51)44-19-13-15-39(33-44)52-23-9-11-30-60-52/h3-37H,1-2H3. The Morgan fingerprint density at radius 3 is 1.77 bits per heavy atom. The Balaban J connectivity index is 0.960. The topological polar surface area (TPSA) is 60.0 Å². The van der Waals surface area contributed by atoms with E-state index in [2.05, 4.69) is 185 Å². The van der Waals surface area contributed by atoms with Crippen LogP contribution in [-0.4, -0.2) is 19.5 Å². The second-order valence-electron chi connectivity index (χ2n) is 16.9. The highest BCUT2D eigenvalue weighted by molar-refractivity contribution is 6.12. The van der Waals surface area contributed by atoms with Crippen LogP contribution in [0, 0.1) is 0 Å². The molecule has 12 rings (SSSR count). The fourth-order valence-electron chi connectivity index (χ4n) is 9.65. The van der Waals surface area contributed by atoms with Gasteiger partial charge in [0, 0.05) is 74.1 Å². The third-order valence-corrected chi connectivity index (χ3v) is 12.8. The van der Waals surface area contributed by atoms with Gasteiger partial charge in [0.1, 0.15) is 17.3 Å². The smallest absolute Gasteiger partial charge is 0.138 e. The van der Waals surface area contributed by atoms with Crippen LogP contribution in [0.2, 0.25) is 0 Å². The Morgan fingerprint density at radius 2 is 1.08 bits per heavy atom. The highest BCUT2D eigenvalue weighted by Crippen LogP contribution is 2.51. The van der Waals surface area contributed by atoms with Crippen LogP contribution in [0.15, 0.2) is 217 Å². The summed E-state index contributed by atoms with van der Waals surface area (Å²) in [7, 11) is 0. The van der Waals surface area contributed by atoms with E-state index in [0.29, 0.717) is 0 Å². The van der Waals surface area contributed by atoms with Gasteiger partial charge in [0.15, 0.2) is 0 Å². The first-order valence-electron chi connectivity index (χ1n) is 21.7. The fraction of sp³-hybridized carbons (Fsp3) is 0.0517. The van der Waals surface area contributed by atoms with Gasteiger partial charge in [0.2, 0.25) is 0 Å². The Morgan fingerprint density at radius 1 is 0.438 bits per heavy atom. The number of furan rings is 1. The molecule has 0 saturated carbocycles. The van der Waals surface area contributed by atoms with Gasteiger partial charge >= 0.3 is 0 Å². The van der Waals surface area contributed by atoms with Gasteiger partial charge in [-0.05, 0) is 138 Å². The van der Waals surface area contributed by atoms with Crippen molar-refractivity contribution >= 4 is 39.0 Å². The number of pyridine rings is 3. The molecule has 0 aliphatic heterocycles. The number of rotatable bonds is 8. The van der Waals surface area contributed by atoms with E-state index in [-0.39, 0.29) is 5.41 Å². The quantitative estimate of drug-likeness (QED) is 0.153.